The molecule has 0 spiro atoms. The molecule has 0 aliphatic rings. The number of alkyl halides is 3. The molecule has 2 aromatic heterocycles. The van der Waals surface area contributed by atoms with Crippen LogP contribution >= 0.6 is 23.2 Å². The Morgan fingerprint density at radius 3 is 2.38 bits per heavy atom. The Kier molecular flexibility index (Phi) is 7.87. The second-order valence-electron chi connectivity index (χ2n) is 9.14. The maximum absolute atomic E-state index is 13.6. The van der Waals surface area contributed by atoms with E-state index in [1.165, 1.54) is 24.4 Å². The highest BCUT2D eigenvalue weighted by Gasteiger charge is 2.32. The number of anilines is 1. The Labute approximate surface area is 237 Å². The zero-order chi connectivity index (χ0) is 28.4. The van der Waals surface area contributed by atoms with Gasteiger partial charge < -0.3 is 15.0 Å². The standard InChI is InChI=1S/C29H22Cl2F4N4O/c30-21-6-9-25(23(31)14-21)40-11-1-2-19-12-20(18-4-7-22(32)8-5-18)13-24-27(19)38-28(36)39(24)16-17-3-10-26(37-15-17)29(33,34)35/h3-10,12-15H,1-2,11,16H2,(H2,36,38). The first-order valence-electron chi connectivity index (χ1n) is 12.2. The fourth-order valence-corrected chi connectivity index (χ4v) is 4.85. The first-order valence-corrected chi connectivity index (χ1v) is 13.0. The van der Waals surface area contributed by atoms with Gasteiger partial charge in [-0.15, -0.1) is 0 Å². The molecule has 0 aliphatic carbocycles. The number of halogens is 6. The van der Waals surface area contributed by atoms with Gasteiger partial charge in [0.1, 0.15) is 17.3 Å². The first-order chi connectivity index (χ1) is 19.1. The topological polar surface area (TPSA) is 66.0 Å². The fourth-order valence-electron chi connectivity index (χ4n) is 4.38. The van der Waals surface area contributed by atoms with Crippen LogP contribution in [0, 0.1) is 5.82 Å². The van der Waals surface area contributed by atoms with E-state index < -0.39 is 11.9 Å². The van der Waals surface area contributed by atoms with Crippen LogP contribution in [0.3, 0.4) is 0 Å². The number of pyridine rings is 1. The van der Waals surface area contributed by atoms with Crippen molar-refractivity contribution in [2.24, 2.45) is 0 Å². The average molecular weight is 589 g/mol. The lowest BCUT2D eigenvalue weighted by molar-refractivity contribution is -0.141. The second kappa shape index (κ2) is 11.3. The van der Waals surface area contributed by atoms with Crippen LogP contribution in [0.1, 0.15) is 23.2 Å². The lowest BCUT2D eigenvalue weighted by atomic mass is 9.99. The SMILES string of the molecule is Nc1nc2c(CCCOc3ccc(Cl)cc3Cl)cc(-c3ccc(F)cc3)cc2n1Cc1ccc(C(F)(F)F)nc1. The first kappa shape index (κ1) is 27.7. The van der Waals surface area contributed by atoms with Crippen molar-refractivity contribution in [1.29, 1.82) is 0 Å². The highest BCUT2D eigenvalue weighted by molar-refractivity contribution is 6.35. The van der Waals surface area contributed by atoms with Crippen molar-refractivity contribution in [3.8, 4) is 16.9 Å². The molecular weight excluding hydrogens is 567 g/mol. The summed E-state index contributed by atoms with van der Waals surface area (Å²) in [5.74, 6) is 0.374. The number of rotatable bonds is 8. The molecule has 0 aliphatic heterocycles. The van der Waals surface area contributed by atoms with E-state index >= 15 is 0 Å². The summed E-state index contributed by atoms with van der Waals surface area (Å²) in [6.45, 7) is 0.537. The van der Waals surface area contributed by atoms with E-state index in [1.54, 1.807) is 34.9 Å². The minimum Gasteiger partial charge on any atom is -0.492 e. The Morgan fingerprint density at radius 1 is 0.925 bits per heavy atom. The largest absolute Gasteiger partial charge is 0.492 e. The van der Waals surface area contributed by atoms with Crippen LogP contribution < -0.4 is 10.5 Å². The molecule has 0 saturated carbocycles. The average Bonchev–Trinajstić information content (AvgIpc) is 3.22. The van der Waals surface area contributed by atoms with Crippen molar-refractivity contribution >= 4 is 40.2 Å². The van der Waals surface area contributed by atoms with Crippen LogP contribution in [-0.2, 0) is 19.1 Å². The van der Waals surface area contributed by atoms with Crippen LogP contribution in [0.2, 0.25) is 10.0 Å². The normalized spacial score (nSPS) is 11.8. The molecule has 206 valence electrons. The number of fused-ring (bicyclic) bond motifs is 1. The highest BCUT2D eigenvalue weighted by Crippen LogP contribution is 2.32. The predicted molar refractivity (Wildman–Crippen MR) is 148 cm³/mol. The summed E-state index contributed by atoms with van der Waals surface area (Å²) in [6, 6.07) is 17.3. The van der Waals surface area contributed by atoms with Crippen molar-refractivity contribution in [3.05, 3.63) is 106 Å². The van der Waals surface area contributed by atoms with Crippen LogP contribution in [0.25, 0.3) is 22.2 Å². The summed E-state index contributed by atoms with van der Waals surface area (Å²) in [7, 11) is 0. The molecule has 5 nitrogen and oxygen atoms in total. The number of nitrogens with two attached hydrogens (primary N) is 1. The number of ether oxygens (including phenoxy) is 1. The van der Waals surface area contributed by atoms with Crippen molar-refractivity contribution in [3.63, 3.8) is 0 Å². The van der Waals surface area contributed by atoms with Crippen LogP contribution in [0.5, 0.6) is 5.75 Å². The van der Waals surface area contributed by atoms with E-state index in [0.29, 0.717) is 51.8 Å². The van der Waals surface area contributed by atoms with Gasteiger partial charge in [0.05, 0.1) is 29.2 Å². The molecule has 0 amide bonds. The summed E-state index contributed by atoms with van der Waals surface area (Å²) < 4.78 is 60.0. The van der Waals surface area contributed by atoms with E-state index in [9.17, 15) is 17.6 Å². The summed E-state index contributed by atoms with van der Waals surface area (Å²) in [5, 5.41) is 0.926. The minimum absolute atomic E-state index is 0.165. The Bertz CT molecular complexity index is 1650. The van der Waals surface area contributed by atoms with Gasteiger partial charge in [-0.3, -0.25) is 4.98 Å². The summed E-state index contributed by atoms with van der Waals surface area (Å²) >= 11 is 12.1. The number of imidazole rings is 1. The fraction of sp³-hybridized carbons (Fsp3) is 0.172. The molecule has 11 heteroatoms. The summed E-state index contributed by atoms with van der Waals surface area (Å²) in [6.07, 6.45) is -2.15. The van der Waals surface area contributed by atoms with Gasteiger partial charge in [-0.05, 0) is 83.6 Å². The number of aryl methyl sites for hydroxylation is 1. The Balaban J connectivity index is 1.46. The van der Waals surface area contributed by atoms with Crippen molar-refractivity contribution in [1.82, 2.24) is 14.5 Å². The van der Waals surface area contributed by atoms with E-state index in [1.807, 2.05) is 12.1 Å². The highest BCUT2D eigenvalue weighted by atomic mass is 35.5. The molecule has 0 fully saturated rings. The Hall–Kier alpha value is -3.82. The van der Waals surface area contributed by atoms with Crippen LogP contribution in [-0.4, -0.2) is 21.1 Å². The zero-order valence-electron chi connectivity index (χ0n) is 20.9. The van der Waals surface area contributed by atoms with Gasteiger partial charge in [0, 0.05) is 11.2 Å². The van der Waals surface area contributed by atoms with Crippen LogP contribution in [0.15, 0.2) is 72.9 Å². The second-order valence-corrected chi connectivity index (χ2v) is 9.99. The third-order valence-electron chi connectivity index (χ3n) is 6.34. The zero-order valence-corrected chi connectivity index (χ0v) is 22.4. The van der Waals surface area contributed by atoms with Gasteiger partial charge in [0.2, 0.25) is 5.95 Å². The summed E-state index contributed by atoms with van der Waals surface area (Å²) in [5.41, 5.74) is 9.69. The van der Waals surface area contributed by atoms with Gasteiger partial charge >= 0.3 is 6.18 Å². The van der Waals surface area contributed by atoms with E-state index in [2.05, 4.69) is 9.97 Å². The van der Waals surface area contributed by atoms with Gasteiger partial charge in [-0.25, -0.2) is 9.37 Å². The molecular formula is C29H22Cl2F4N4O. The summed E-state index contributed by atoms with van der Waals surface area (Å²) in [4.78, 5) is 8.13. The number of aromatic nitrogens is 3. The number of hydrogen-bond acceptors (Lipinski definition) is 4. The smallest absolute Gasteiger partial charge is 0.433 e. The molecule has 0 unspecified atom stereocenters. The minimum atomic E-state index is -4.53. The maximum atomic E-state index is 13.6. The number of nitrogen functional groups attached to an aromatic ring is 1. The number of benzene rings is 3. The van der Waals surface area contributed by atoms with Gasteiger partial charge in [-0.1, -0.05) is 41.4 Å². The third kappa shape index (κ3) is 6.16. The monoisotopic (exact) mass is 588 g/mol. The van der Waals surface area contributed by atoms with Crippen molar-refractivity contribution in [2.75, 3.05) is 12.3 Å². The third-order valence-corrected chi connectivity index (χ3v) is 6.87. The molecule has 0 atom stereocenters. The molecule has 0 saturated heterocycles. The molecule has 5 aromatic rings. The molecule has 40 heavy (non-hydrogen) atoms. The predicted octanol–water partition coefficient (Wildman–Crippen LogP) is 8.21. The lowest BCUT2D eigenvalue weighted by Crippen LogP contribution is -2.09. The van der Waals surface area contributed by atoms with Gasteiger partial charge in [0.25, 0.3) is 0 Å². The molecule has 3 aromatic carbocycles. The van der Waals surface area contributed by atoms with Crippen molar-refractivity contribution < 1.29 is 22.3 Å². The number of hydrogen-bond donors (Lipinski definition) is 1. The van der Waals surface area contributed by atoms with E-state index in [-0.39, 0.29) is 18.3 Å². The van der Waals surface area contributed by atoms with Gasteiger partial charge in [0.15, 0.2) is 0 Å². The molecule has 0 radical (unpaired) electrons. The van der Waals surface area contributed by atoms with E-state index in [0.717, 1.165) is 22.8 Å². The lowest BCUT2D eigenvalue weighted by Gasteiger charge is -2.12. The molecule has 0 bridgehead atoms. The number of nitrogens with zero attached hydrogens (tertiary/aromatic N) is 3. The van der Waals surface area contributed by atoms with E-state index in [4.69, 9.17) is 33.7 Å². The molecule has 2 heterocycles. The Morgan fingerprint density at radius 2 is 1.70 bits per heavy atom. The van der Waals surface area contributed by atoms with Gasteiger partial charge in [-0.2, -0.15) is 13.2 Å². The molecule has 5 rings (SSSR count). The quantitative estimate of drug-likeness (QED) is 0.146. The van der Waals surface area contributed by atoms with Crippen molar-refractivity contribution in [2.45, 2.75) is 25.6 Å². The molecule has 2 N–H and O–H groups in total. The van der Waals surface area contributed by atoms with Crippen LogP contribution in [0.4, 0.5) is 23.5 Å². The maximum Gasteiger partial charge on any atom is 0.433 e.